The molecule has 2 nitrogen and oxygen atoms in total. The summed E-state index contributed by atoms with van der Waals surface area (Å²) in [6.45, 7) is 2.11. The van der Waals surface area contributed by atoms with E-state index < -0.39 is 0 Å². The largest absolute Gasteiger partial charge is 0.462 e. The summed E-state index contributed by atoms with van der Waals surface area (Å²) in [5.41, 5.74) is 0.439. The molecule has 1 aromatic rings. The minimum atomic E-state index is -0.371. The average Bonchev–Trinajstić information content (AvgIpc) is 2.04. The normalized spacial score (nSPS) is 9.77. The van der Waals surface area contributed by atoms with Gasteiger partial charge >= 0.3 is 5.97 Å². The van der Waals surface area contributed by atoms with Gasteiger partial charge in [0.25, 0.3) is 0 Å². The Labute approximate surface area is 87.3 Å². The molecule has 0 saturated heterocycles. The lowest BCUT2D eigenvalue weighted by Gasteiger charge is -2.04. The van der Waals surface area contributed by atoms with Crippen LogP contribution >= 0.6 is 24.2 Å². The molecule has 4 heteroatoms. The lowest BCUT2D eigenvalue weighted by molar-refractivity contribution is 0.0522. The summed E-state index contributed by atoms with van der Waals surface area (Å²) in [6.07, 6.45) is 0. The van der Waals surface area contributed by atoms with Crippen LogP contribution in [0.2, 0.25) is 5.02 Å². The van der Waals surface area contributed by atoms with Crippen LogP contribution in [-0.2, 0) is 4.74 Å². The molecule has 0 aromatic heterocycles. The molecule has 1 rings (SSSR count). The Balaban J connectivity index is 2.95. The van der Waals surface area contributed by atoms with E-state index in [2.05, 4.69) is 12.6 Å². The van der Waals surface area contributed by atoms with Crippen molar-refractivity contribution in [2.75, 3.05) is 6.61 Å². The van der Waals surface area contributed by atoms with Gasteiger partial charge in [0, 0.05) is 9.92 Å². The summed E-state index contributed by atoms with van der Waals surface area (Å²) in [5, 5.41) is 0.554. The van der Waals surface area contributed by atoms with E-state index in [1.54, 1.807) is 25.1 Å². The Hall–Kier alpha value is -0.670. The number of hydrogen-bond donors (Lipinski definition) is 1. The standard InChI is InChI=1S/C9H9ClO2S/c1-2-12-9(11)7-4-3-6(10)5-8(7)13/h3-5,13H,2H2,1H3. The van der Waals surface area contributed by atoms with Crippen molar-refractivity contribution in [3.63, 3.8) is 0 Å². The second-order valence-electron chi connectivity index (χ2n) is 2.38. The molecule has 0 aliphatic carbocycles. The van der Waals surface area contributed by atoms with E-state index in [9.17, 15) is 4.79 Å². The van der Waals surface area contributed by atoms with E-state index in [1.807, 2.05) is 0 Å². The van der Waals surface area contributed by atoms with Gasteiger partial charge in [-0.25, -0.2) is 4.79 Å². The molecule has 0 N–H and O–H groups in total. The highest BCUT2D eigenvalue weighted by Crippen LogP contribution is 2.19. The highest BCUT2D eigenvalue weighted by atomic mass is 35.5. The number of hydrogen-bond acceptors (Lipinski definition) is 3. The first-order valence-electron chi connectivity index (χ1n) is 3.80. The van der Waals surface area contributed by atoms with Gasteiger partial charge in [-0.05, 0) is 25.1 Å². The maximum absolute atomic E-state index is 11.3. The molecule has 0 bridgehead atoms. The average molecular weight is 217 g/mol. The van der Waals surface area contributed by atoms with E-state index in [-0.39, 0.29) is 5.97 Å². The molecule has 1 aromatic carbocycles. The van der Waals surface area contributed by atoms with Crippen molar-refractivity contribution in [2.45, 2.75) is 11.8 Å². The third-order valence-electron chi connectivity index (χ3n) is 1.46. The molecule has 70 valence electrons. The van der Waals surface area contributed by atoms with Crippen molar-refractivity contribution >= 4 is 30.2 Å². The number of thiol groups is 1. The summed E-state index contributed by atoms with van der Waals surface area (Å²) in [7, 11) is 0. The number of carbonyl (C=O) groups is 1. The first-order valence-corrected chi connectivity index (χ1v) is 4.63. The van der Waals surface area contributed by atoms with E-state index in [0.717, 1.165) is 0 Å². The molecule has 0 unspecified atom stereocenters. The van der Waals surface area contributed by atoms with Gasteiger partial charge in [-0.2, -0.15) is 0 Å². The Bertz CT molecular complexity index is 325. The fraction of sp³-hybridized carbons (Fsp3) is 0.222. The predicted molar refractivity (Wildman–Crippen MR) is 54.7 cm³/mol. The highest BCUT2D eigenvalue weighted by Gasteiger charge is 2.09. The van der Waals surface area contributed by atoms with Gasteiger partial charge < -0.3 is 4.74 Å². The zero-order valence-electron chi connectivity index (χ0n) is 7.08. The second kappa shape index (κ2) is 4.53. The molecule has 0 heterocycles. The molecule has 0 radical (unpaired) electrons. The first-order chi connectivity index (χ1) is 6.15. The minimum absolute atomic E-state index is 0.356. The number of benzene rings is 1. The van der Waals surface area contributed by atoms with Crippen LogP contribution in [0.25, 0.3) is 0 Å². The zero-order valence-corrected chi connectivity index (χ0v) is 8.73. The summed E-state index contributed by atoms with van der Waals surface area (Å²) in [4.78, 5) is 11.8. The SMILES string of the molecule is CCOC(=O)c1ccc(Cl)cc1S. The zero-order chi connectivity index (χ0) is 9.84. The van der Waals surface area contributed by atoms with Crippen molar-refractivity contribution < 1.29 is 9.53 Å². The van der Waals surface area contributed by atoms with Crippen molar-refractivity contribution in [3.8, 4) is 0 Å². The van der Waals surface area contributed by atoms with Gasteiger partial charge in [-0.15, -0.1) is 12.6 Å². The van der Waals surface area contributed by atoms with Crippen molar-refractivity contribution in [3.05, 3.63) is 28.8 Å². The van der Waals surface area contributed by atoms with Crippen LogP contribution in [0.15, 0.2) is 23.1 Å². The molecular weight excluding hydrogens is 208 g/mol. The lowest BCUT2D eigenvalue weighted by atomic mass is 10.2. The van der Waals surface area contributed by atoms with E-state index in [4.69, 9.17) is 16.3 Å². The number of rotatable bonds is 2. The number of halogens is 1. The summed E-state index contributed by atoms with van der Waals surface area (Å²) >= 11 is 9.81. The van der Waals surface area contributed by atoms with Gasteiger partial charge in [0.15, 0.2) is 0 Å². The number of ether oxygens (including phenoxy) is 1. The highest BCUT2D eigenvalue weighted by molar-refractivity contribution is 7.80. The van der Waals surface area contributed by atoms with E-state index >= 15 is 0 Å². The minimum Gasteiger partial charge on any atom is -0.462 e. The van der Waals surface area contributed by atoms with Gasteiger partial charge in [0.05, 0.1) is 12.2 Å². The third-order valence-corrected chi connectivity index (χ3v) is 2.06. The van der Waals surface area contributed by atoms with Gasteiger partial charge in [-0.3, -0.25) is 0 Å². The molecule has 0 saturated carbocycles. The summed E-state index contributed by atoms with van der Waals surface area (Å²) in [5.74, 6) is -0.371. The lowest BCUT2D eigenvalue weighted by Crippen LogP contribution is -2.05. The Morgan fingerprint density at radius 2 is 2.31 bits per heavy atom. The second-order valence-corrected chi connectivity index (χ2v) is 3.30. The van der Waals surface area contributed by atoms with Crippen LogP contribution in [0, 0.1) is 0 Å². The van der Waals surface area contributed by atoms with E-state index in [0.29, 0.717) is 22.1 Å². The van der Waals surface area contributed by atoms with Crippen LogP contribution in [-0.4, -0.2) is 12.6 Å². The van der Waals surface area contributed by atoms with Gasteiger partial charge in [0.1, 0.15) is 0 Å². The third kappa shape index (κ3) is 2.64. The van der Waals surface area contributed by atoms with Crippen LogP contribution in [0.3, 0.4) is 0 Å². The number of carbonyl (C=O) groups excluding carboxylic acids is 1. The molecule has 0 aliphatic rings. The van der Waals surface area contributed by atoms with Crippen molar-refractivity contribution in [2.24, 2.45) is 0 Å². The summed E-state index contributed by atoms with van der Waals surface area (Å²) in [6, 6.07) is 4.84. The predicted octanol–water partition coefficient (Wildman–Crippen LogP) is 2.81. The fourth-order valence-electron chi connectivity index (χ4n) is 0.886. The topological polar surface area (TPSA) is 26.3 Å². The van der Waals surface area contributed by atoms with E-state index in [1.165, 1.54) is 0 Å². The molecule has 0 fully saturated rings. The van der Waals surface area contributed by atoms with Crippen LogP contribution in [0.4, 0.5) is 0 Å². The molecule has 13 heavy (non-hydrogen) atoms. The van der Waals surface area contributed by atoms with Crippen LogP contribution in [0.5, 0.6) is 0 Å². The van der Waals surface area contributed by atoms with Gasteiger partial charge in [0.2, 0.25) is 0 Å². The van der Waals surface area contributed by atoms with Crippen molar-refractivity contribution in [1.29, 1.82) is 0 Å². The monoisotopic (exact) mass is 216 g/mol. The Kier molecular flexibility index (Phi) is 3.63. The van der Waals surface area contributed by atoms with Crippen LogP contribution < -0.4 is 0 Å². The number of esters is 1. The van der Waals surface area contributed by atoms with Gasteiger partial charge in [-0.1, -0.05) is 11.6 Å². The molecule has 0 spiro atoms. The molecule has 0 aliphatic heterocycles. The fourth-order valence-corrected chi connectivity index (χ4v) is 1.44. The van der Waals surface area contributed by atoms with Crippen LogP contribution in [0.1, 0.15) is 17.3 Å². The quantitative estimate of drug-likeness (QED) is 0.608. The molecular formula is C9H9ClO2S. The maximum Gasteiger partial charge on any atom is 0.339 e. The molecule has 0 atom stereocenters. The summed E-state index contributed by atoms with van der Waals surface area (Å²) < 4.78 is 4.82. The Morgan fingerprint density at radius 1 is 1.62 bits per heavy atom. The Morgan fingerprint density at radius 3 is 2.85 bits per heavy atom. The smallest absolute Gasteiger partial charge is 0.339 e. The maximum atomic E-state index is 11.3. The first kappa shape index (κ1) is 10.4. The molecule has 0 amide bonds. The van der Waals surface area contributed by atoms with Crippen molar-refractivity contribution in [1.82, 2.24) is 0 Å².